The van der Waals surface area contributed by atoms with Crippen LogP contribution in [-0.2, 0) is 4.74 Å². The number of nitrogens with two attached hydrogens (primary N) is 1. The number of rotatable bonds is 2. The molecular formula is C13H17N5O2. The molecule has 106 valence electrons. The van der Waals surface area contributed by atoms with Gasteiger partial charge in [-0.25, -0.2) is 4.79 Å². The number of nitrogens with zero attached hydrogens (tertiary/aromatic N) is 3. The standard InChI is InChI=1S/C13H17N5O2/c1-13(2,3)20-12(19)15-11-10(14)18(17-16-11)9-7-5-4-6-8-9/h4-8H,14H2,1-3H3,(H,15,19). The number of hydrogen-bond acceptors (Lipinski definition) is 5. The first-order valence-electron chi connectivity index (χ1n) is 6.13. The van der Waals surface area contributed by atoms with Crippen LogP contribution in [0.2, 0.25) is 0 Å². The average molecular weight is 275 g/mol. The fraction of sp³-hybridized carbons (Fsp3) is 0.308. The monoisotopic (exact) mass is 275 g/mol. The van der Waals surface area contributed by atoms with Crippen molar-refractivity contribution in [3.8, 4) is 5.69 Å². The summed E-state index contributed by atoms with van der Waals surface area (Å²) < 4.78 is 6.57. The first-order chi connectivity index (χ1) is 9.37. The second kappa shape index (κ2) is 5.20. The van der Waals surface area contributed by atoms with Crippen LogP contribution < -0.4 is 11.1 Å². The normalized spacial score (nSPS) is 11.2. The average Bonchev–Trinajstić information content (AvgIpc) is 2.70. The number of aromatic nitrogens is 3. The molecule has 3 N–H and O–H groups in total. The zero-order chi connectivity index (χ0) is 14.8. The molecule has 0 bridgehead atoms. The number of benzene rings is 1. The van der Waals surface area contributed by atoms with E-state index in [-0.39, 0.29) is 11.6 Å². The van der Waals surface area contributed by atoms with E-state index in [1.165, 1.54) is 4.68 Å². The maximum absolute atomic E-state index is 11.7. The van der Waals surface area contributed by atoms with Crippen LogP contribution in [0.15, 0.2) is 30.3 Å². The van der Waals surface area contributed by atoms with Crippen LogP contribution in [0.25, 0.3) is 5.69 Å². The lowest BCUT2D eigenvalue weighted by Crippen LogP contribution is -2.27. The molecule has 7 nitrogen and oxygen atoms in total. The molecule has 0 fully saturated rings. The Morgan fingerprint density at radius 2 is 1.95 bits per heavy atom. The molecule has 0 unspecified atom stereocenters. The number of para-hydroxylation sites is 1. The predicted octanol–water partition coefficient (Wildman–Crippen LogP) is 2.20. The molecule has 0 aliphatic carbocycles. The van der Waals surface area contributed by atoms with Gasteiger partial charge in [-0.15, -0.1) is 5.10 Å². The van der Waals surface area contributed by atoms with E-state index in [1.807, 2.05) is 30.3 Å². The van der Waals surface area contributed by atoms with Crippen molar-refractivity contribution in [2.75, 3.05) is 11.1 Å². The number of nitrogens with one attached hydrogen (secondary N) is 1. The molecule has 0 spiro atoms. The molecule has 1 amide bonds. The van der Waals surface area contributed by atoms with Gasteiger partial charge in [0.1, 0.15) is 5.60 Å². The number of carbonyl (C=O) groups excluding carboxylic acids is 1. The minimum atomic E-state index is -0.621. The summed E-state index contributed by atoms with van der Waals surface area (Å²) in [7, 11) is 0. The summed E-state index contributed by atoms with van der Waals surface area (Å²) in [6, 6.07) is 9.27. The Labute approximate surface area is 116 Å². The van der Waals surface area contributed by atoms with Gasteiger partial charge >= 0.3 is 6.09 Å². The molecule has 0 aliphatic rings. The summed E-state index contributed by atoms with van der Waals surface area (Å²) in [5, 5.41) is 10.2. The third kappa shape index (κ3) is 3.25. The van der Waals surface area contributed by atoms with Gasteiger partial charge in [-0.2, -0.15) is 4.68 Å². The van der Waals surface area contributed by atoms with Crippen LogP contribution in [0.1, 0.15) is 20.8 Å². The number of carbonyl (C=O) groups is 1. The topological polar surface area (TPSA) is 95.1 Å². The first kappa shape index (κ1) is 13.9. The molecule has 0 atom stereocenters. The van der Waals surface area contributed by atoms with E-state index < -0.39 is 11.7 Å². The van der Waals surface area contributed by atoms with E-state index in [2.05, 4.69) is 15.6 Å². The van der Waals surface area contributed by atoms with Crippen molar-refractivity contribution in [2.45, 2.75) is 26.4 Å². The highest BCUT2D eigenvalue weighted by atomic mass is 16.6. The van der Waals surface area contributed by atoms with Gasteiger partial charge in [0, 0.05) is 0 Å². The fourth-order valence-electron chi connectivity index (χ4n) is 1.54. The zero-order valence-corrected chi connectivity index (χ0v) is 11.6. The minimum absolute atomic E-state index is 0.170. The second-order valence-corrected chi connectivity index (χ2v) is 5.20. The van der Waals surface area contributed by atoms with Gasteiger partial charge in [0.2, 0.25) is 5.82 Å². The molecule has 0 saturated heterocycles. The maximum atomic E-state index is 11.7. The number of ether oxygens (including phenoxy) is 1. The SMILES string of the molecule is CC(C)(C)OC(=O)Nc1nnn(-c2ccccc2)c1N. The smallest absolute Gasteiger partial charge is 0.413 e. The van der Waals surface area contributed by atoms with E-state index in [4.69, 9.17) is 10.5 Å². The lowest BCUT2D eigenvalue weighted by atomic mass is 10.2. The molecule has 1 heterocycles. The van der Waals surface area contributed by atoms with E-state index in [9.17, 15) is 4.79 Å². The Balaban J connectivity index is 2.16. The predicted molar refractivity (Wildman–Crippen MR) is 75.6 cm³/mol. The lowest BCUT2D eigenvalue weighted by Gasteiger charge is -2.19. The van der Waals surface area contributed by atoms with E-state index in [0.717, 1.165) is 5.69 Å². The molecule has 2 aromatic rings. The Hall–Kier alpha value is -2.57. The van der Waals surface area contributed by atoms with Crippen LogP contribution in [0.5, 0.6) is 0 Å². The van der Waals surface area contributed by atoms with E-state index in [0.29, 0.717) is 0 Å². The number of amides is 1. The fourth-order valence-corrected chi connectivity index (χ4v) is 1.54. The number of nitrogen functional groups attached to an aromatic ring is 1. The third-order valence-electron chi connectivity index (χ3n) is 2.33. The van der Waals surface area contributed by atoms with Gasteiger partial charge in [-0.1, -0.05) is 23.4 Å². The van der Waals surface area contributed by atoms with Crippen molar-refractivity contribution in [1.29, 1.82) is 0 Å². The molecule has 0 saturated carbocycles. The highest BCUT2D eigenvalue weighted by molar-refractivity contribution is 5.86. The highest BCUT2D eigenvalue weighted by Crippen LogP contribution is 2.19. The summed E-state index contributed by atoms with van der Waals surface area (Å²) in [5.74, 6) is 0.408. The molecule has 2 rings (SSSR count). The first-order valence-corrected chi connectivity index (χ1v) is 6.13. The van der Waals surface area contributed by atoms with Crippen LogP contribution in [0.4, 0.5) is 16.4 Å². The highest BCUT2D eigenvalue weighted by Gasteiger charge is 2.19. The third-order valence-corrected chi connectivity index (χ3v) is 2.33. The van der Waals surface area contributed by atoms with Crippen LogP contribution in [-0.4, -0.2) is 26.7 Å². The van der Waals surface area contributed by atoms with Gasteiger partial charge in [0.25, 0.3) is 0 Å². The molecule has 1 aromatic carbocycles. The molecule has 7 heteroatoms. The maximum Gasteiger partial charge on any atom is 0.413 e. The molecule has 0 aliphatic heterocycles. The summed E-state index contributed by atoms with van der Waals surface area (Å²) in [5.41, 5.74) is 6.09. The van der Waals surface area contributed by atoms with Crippen molar-refractivity contribution in [2.24, 2.45) is 0 Å². The van der Waals surface area contributed by atoms with Crippen molar-refractivity contribution < 1.29 is 9.53 Å². The lowest BCUT2D eigenvalue weighted by molar-refractivity contribution is 0.0635. The van der Waals surface area contributed by atoms with Gasteiger partial charge in [-0.05, 0) is 32.9 Å². The van der Waals surface area contributed by atoms with Crippen LogP contribution >= 0.6 is 0 Å². The van der Waals surface area contributed by atoms with E-state index >= 15 is 0 Å². The Morgan fingerprint density at radius 1 is 1.30 bits per heavy atom. The summed E-state index contributed by atoms with van der Waals surface area (Å²) in [4.78, 5) is 11.7. The van der Waals surface area contributed by atoms with Crippen molar-refractivity contribution in [3.63, 3.8) is 0 Å². The number of anilines is 2. The number of hydrogen-bond donors (Lipinski definition) is 2. The Morgan fingerprint density at radius 3 is 2.55 bits per heavy atom. The van der Waals surface area contributed by atoms with Gasteiger partial charge in [0.05, 0.1) is 5.69 Å². The summed E-state index contributed by atoms with van der Waals surface area (Å²) >= 11 is 0. The van der Waals surface area contributed by atoms with Crippen LogP contribution in [0, 0.1) is 0 Å². The van der Waals surface area contributed by atoms with Crippen molar-refractivity contribution in [1.82, 2.24) is 15.0 Å². The molecule has 0 radical (unpaired) electrons. The minimum Gasteiger partial charge on any atom is -0.444 e. The van der Waals surface area contributed by atoms with Crippen molar-refractivity contribution >= 4 is 17.7 Å². The summed E-state index contributed by atoms with van der Waals surface area (Å²) in [6.45, 7) is 5.32. The molecule has 20 heavy (non-hydrogen) atoms. The second-order valence-electron chi connectivity index (χ2n) is 5.20. The summed E-state index contributed by atoms with van der Waals surface area (Å²) in [6.07, 6.45) is -0.621. The molecule has 1 aromatic heterocycles. The zero-order valence-electron chi connectivity index (χ0n) is 11.6. The van der Waals surface area contributed by atoms with Crippen molar-refractivity contribution in [3.05, 3.63) is 30.3 Å². The van der Waals surface area contributed by atoms with Gasteiger partial charge in [-0.3, -0.25) is 5.32 Å². The van der Waals surface area contributed by atoms with E-state index in [1.54, 1.807) is 20.8 Å². The van der Waals surface area contributed by atoms with Crippen LogP contribution in [0.3, 0.4) is 0 Å². The Bertz CT molecular complexity index is 601. The Kier molecular flexibility index (Phi) is 3.60. The van der Waals surface area contributed by atoms with Gasteiger partial charge in [0.15, 0.2) is 5.82 Å². The quantitative estimate of drug-likeness (QED) is 0.876. The largest absolute Gasteiger partial charge is 0.444 e. The molecular weight excluding hydrogens is 258 g/mol. The van der Waals surface area contributed by atoms with Gasteiger partial charge < -0.3 is 10.5 Å².